The largest absolute Gasteiger partial charge is 0.494 e. The van der Waals surface area contributed by atoms with Crippen molar-refractivity contribution in [2.75, 3.05) is 7.11 Å². The fourth-order valence-corrected chi connectivity index (χ4v) is 2.11. The van der Waals surface area contributed by atoms with E-state index >= 15 is 0 Å². The van der Waals surface area contributed by atoms with Crippen molar-refractivity contribution in [3.8, 4) is 17.1 Å². The topological polar surface area (TPSA) is 74.2 Å². The van der Waals surface area contributed by atoms with Crippen LogP contribution in [0, 0.1) is 5.82 Å². The zero-order valence-electron chi connectivity index (χ0n) is 10.5. The second-order valence-electron chi connectivity index (χ2n) is 4.78. The van der Waals surface area contributed by atoms with Crippen LogP contribution in [0.1, 0.15) is 25.2 Å². The number of rotatable bonds is 3. The lowest BCUT2D eigenvalue weighted by atomic mass is 9.78. The summed E-state index contributed by atoms with van der Waals surface area (Å²) in [6, 6.07) is 4.43. The van der Waals surface area contributed by atoms with Gasteiger partial charge in [0.15, 0.2) is 11.6 Å². The molecule has 100 valence electrons. The summed E-state index contributed by atoms with van der Waals surface area (Å²) in [5, 5.41) is 3.90. The number of hydrogen-bond donors (Lipinski definition) is 1. The smallest absolute Gasteiger partial charge is 0.247 e. The standard InChI is InChI=1S/C13H14FN3O2/c1-18-10-7-8(3-4-9(10)14)11-16-12(19-17-11)13(15)5-2-6-13/h3-4,7H,2,5-6,15H2,1H3. The highest BCUT2D eigenvalue weighted by Gasteiger charge is 2.39. The Morgan fingerprint density at radius 3 is 2.84 bits per heavy atom. The molecule has 0 atom stereocenters. The van der Waals surface area contributed by atoms with Crippen LogP contribution in [0.4, 0.5) is 4.39 Å². The maximum absolute atomic E-state index is 13.3. The minimum atomic E-state index is -0.491. The van der Waals surface area contributed by atoms with Crippen molar-refractivity contribution < 1.29 is 13.7 Å². The van der Waals surface area contributed by atoms with Gasteiger partial charge in [0.05, 0.1) is 12.6 Å². The molecule has 1 saturated carbocycles. The van der Waals surface area contributed by atoms with Crippen molar-refractivity contribution in [1.82, 2.24) is 10.1 Å². The summed E-state index contributed by atoms with van der Waals surface area (Å²) >= 11 is 0. The quantitative estimate of drug-likeness (QED) is 0.919. The summed E-state index contributed by atoms with van der Waals surface area (Å²) in [5.74, 6) is 0.557. The van der Waals surface area contributed by atoms with Gasteiger partial charge < -0.3 is 15.0 Å². The average Bonchev–Trinajstić information content (AvgIpc) is 2.86. The molecule has 6 heteroatoms. The monoisotopic (exact) mass is 263 g/mol. The predicted molar refractivity (Wildman–Crippen MR) is 66.0 cm³/mol. The Labute approximate surface area is 109 Å². The molecule has 2 N–H and O–H groups in total. The third-order valence-electron chi connectivity index (χ3n) is 3.51. The van der Waals surface area contributed by atoms with Gasteiger partial charge in [0.2, 0.25) is 11.7 Å². The van der Waals surface area contributed by atoms with E-state index in [-0.39, 0.29) is 5.75 Å². The third-order valence-corrected chi connectivity index (χ3v) is 3.51. The van der Waals surface area contributed by atoms with E-state index in [2.05, 4.69) is 10.1 Å². The van der Waals surface area contributed by atoms with Crippen LogP contribution in [0.5, 0.6) is 5.75 Å². The molecule has 0 spiro atoms. The molecule has 1 heterocycles. The highest BCUT2D eigenvalue weighted by molar-refractivity contribution is 5.57. The minimum absolute atomic E-state index is 0.148. The number of halogens is 1. The normalized spacial score (nSPS) is 17.0. The zero-order chi connectivity index (χ0) is 13.5. The minimum Gasteiger partial charge on any atom is -0.494 e. The molecule has 0 saturated heterocycles. The molecule has 1 aromatic heterocycles. The summed E-state index contributed by atoms with van der Waals surface area (Å²) in [6.45, 7) is 0. The number of hydrogen-bond acceptors (Lipinski definition) is 5. The molecule has 1 fully saturated rings. The van der Waals surface area contributed by atoms with Crippen LogP contribution in [-0.4, -0.2) is 17.3 Å². The molecule has 0 unspecified atom stereocenters. The molecular formula is C13H14FN3O2. The van der Waals surface area contributed by atoms with Crippen molar-refractivity contribution in [3.05, 3.63) is 29.9 Å². The third kappa shape index (κ3) is 1.98. The molecule has 0 aliphatic heterocycles. The van der Waals surface area contributed by atoms with E-state index in [1.54, 1.807) is 6.07 Å². The van der Waals surface area contributed by atoms with Crippen molar-refractivity contribution in [3.63, 3.8) is 0 Å². The van der Waals surface area contributed by atoms with Crippen LogP contribution in [0.25, 0.3) is 11.4 Å². The molecule has 0 radical (unpaired) electrons. The average molecular weight is 263 g/mol. The van der Waals surface area contributed by atoms with Gasteiger partial charge in [0.1, 0.15) is 0 Å². The van der Waals surface area contributed by atoms with Crippen LogP contribution in [-0.2, 0) is 5.54 Å². The van der Waals surface area contributed by atoms with Gasteiger partial charge in [-0.3, -0.25) is 0 Å². The first-order valence-electron chi connectivity index (χ1n) is 6.09. The fraction of sp³-hybridized carbons (Fsp3) is 0.385. The summed E-state index contributed by atoms with van der Waals surface area (Å²) < 4.78 is 23.5. The maximum Gasteiger partial charge on any atom is 0.247 e. The van der Waals surface area contributed by atoms with Crippen LogP contribution < -0.4 is 10.5 Å². The Kier molecular flexibility index (Phi) is 2.74. The molecule has 3 rings (SSSR count). The molecule has 5 nitrogen and oxygen atoms in total. The zero-order valence-corrected chi connectivity index (χ0v) is 10.5. The highest BCUT2D eigenvalue weighted by Crippen LogP contribution is 2.38. The summed E-state index contributed by atoms with van der Waals surface area (Å²) in [5.41, 5.74) is 6.26. The number of aromatic nitrogens is 2. The second kappa shape index (κ2) is 4.31. The fourth-order valence-electron chi connectivity index (χ4n) is 2.11. The van der Waals surface area contributed by atoms with Crippen LogP contribution in [0.3, 0.4) is 0 Å². The number of nitrogens with zero attached hydrogens (tertiary/aromatic N) is 2. The van der Waals surface area contributed by atoms with Gasteiger partial charge >= 0.3 is 0 Å². The molecular weight excluding hydrogens is 249 g/mol. The molecule has 0 amide bonds. The van der Waals surface area contributed by atoms with Crippen molar-refractivity contribution in [2.24, 2.45) is 5.73 Å². The van der Waals surface area contributed by atoms with Gasteiger partial charge in [-0.2, -0.15) is 4.98 Å². The van der Waals surface area contributed by atoms with E-state index in [0.717, 1.165) is 19.3 Å². The maximum atomic E-state index is 13.3. The van der Waals surface area contributed by atoms with E-state index in [4.69, 9.17) is 15.0 Å². The van der Waals surface area contributed by atoms with Gasteiger partial charge in [0, 0.05) is 5.56 Å². The predicted octanol–water partition coefficient (Wildman–Crippen LogP) is 2.22. The number of nitrogens with two attached hydrogens (primary N) is 1. The number of ether oxygens (including phenoxy) is 1. The Morgan fingerprint density at radius 1 is 1.42 bits per heavy atom. The van der Waals surface area contributed by atoms with Gasteiger partial charge in [-0.1, -0.05) is 5.16 Å². The van der Waals surface area contributed by atoms with Crippen molar-refractivity contribution in [2.45, 2.75) is 24.8 Å². The Balaban J connectivity index is 1.94. The van der Waals surface area contributed by atoms with E-state index in [0.29, 0.717) is 17.3 Å². The molecule has 19 heavy (non-hydrogen) atoms. The summed E-state index contributed by atoms with van der Waals surface area (Å²) in [6.07, 6.45) is 2.77. The van der Waals surface area contributed by atoms with Crippen molar-refractivity contribution >= 4 is 0 Å². The van der Waals surface area contributed by atoms with Crippen LogP contribution in [0.15, 0.2) is 22.7 Å². The molecule has 1 aromatic carbocycles. The lowest BCUT2D eigenvalue weighted by Crippen LogP contribution is -2.43. The molecule has 1 aliphatic carbocycles. The Hall–Kier alpha value is -1.95. The lowest BCUT2D eigenvalue weighted by Gasteiger charge is -2.33. The highest BCUT2D eigenvalue weighted by atomic mass is 19.1. The number of methoxy groups -OCH3 is 1. The summed E-state index contributed by atoms with van der Waals surface area (Å²) in [7, 11) is 1.41. The van der Waals surface area contributed by atoms with Crippen LogP contribution in [0.2, 0.25) is 0 Å². The molecule has 1 aliphatic rings. The second-order valence-corrected chi connectivity index (χ2v) is 4.78. The van der Waals surface area contributed by atoms with Crippen molar-refractivity contribution in [1.29, 1.82) is 0 Å². The van der Waals surface area contributed by atoms with Crippen LogP contribution >= 0.6 is 0 Å². The van der Waals surface area contributed by atoms with E-state index < -0.39 is 11.4 Å². The first-order valence-corrected chi connectivity index (χ1v) is 6.09. The Morgan fingerprint density at radius 2 is 2.21 bits per heavy atom. The number of benzene rings is 1. The Bertz CT molecular complexity index is 608. The molecule has 0 bridgehead atoms. The molecule has 2 aromatic rings. The first kappa shape index (κ1) is 12.1. The van der Waals surface area contributed by atoms with E-state index in [1.807, 2.05) is 0 Å². The van der Waals surface area contributed by atoms with Gasteiger partial charge in [-0.15, -0.1) is 0 Å². The first-order chi connectivity index (χ1) is 9.12. The van der Waals surface area contributed by atoms with Gasteiger partial charge in [-0.25, -0.2) is 4.39 Å². The summed E-state index contributed by atoms with van der Waals surface area (Å²) in [4.78, 5) is 4.30. The van der Waals surface area contributed by atoms with Gasteiger partial charge in [-0.05, 0) is 37.5 Å². The van der Waals surface area contributed by atoms with Gasteiger partial charge in [0.25, 0.3) is 0 Å². The van der Waals surface area contributed by atoms with E-state index in [1.165, 1.54) is 19.2 Å². The SMILES string of the molecule is COc1cc(-c2noc(C3(N)CCC3)n2)ccc1F. The van der Waals surface area contributed by atoms with E-state index in [9.17, 15) is 4.39 Å². The lowest BCUT2D eigenvalue weighted by molar-refractivity contribution is 0.181.